The number of aromatic nitrogens is 4. The number of aryl methyl sites for hydroxylation is 2. The first-order valence-electron chi connectivity index (χ1n) is 8.47. The molecule has 1 aliphatic rings. The molecular formula is C17H23N5O3. The van der Waals surface area contributed by atoms with E-state index in [1.807, 2.05) is 24.8 Å². The van der Waals surface area contributed by atoms with Crippen LogP contribution in [0.5, 0.6) is 0 Å². The lowest BCUT2D eigenvalue weighted by molar-refractivity contribution is -0.138. The van der Waals surface area contributed by atoms with Gasteiger partial charge in [-0.15, -0.1) is 0 Å². The normalized spacial score (nSPS) is 17.7. The minimum atomic E-state index is -0.916. The van der Waals surface area contributed by atoms with Gasteiger partial charge in [0.1, 0.15) is 6.54 Å². The first-order chi connectivity index (χ1) is 11.9. The van der Waals surface area contributed by atoms with Gasteiger partial charge in [-0.05, 0) is 32.8 Å². The van der Waals surface area contributed by atoms with Crippen LogP contribution >= 0.6 is 0 Å². The Morgan fingerprint density at radius 2 is 2.20 bits per heavy atom. The third-order valence-electron chi connectivity index (χ3n) is 4.76. The van der Waals surface area contributed by atoms with Crippen molar-refractivity contribution in [3.8, 4) is 0 Å². The molecule has 2 aromatic heterocycles. The molecular weight excluding hydrogens is 322 g/mol. The van der Waals surface area contributed by atoms with Gasteiger partial charge in [0.25, 0.3) is 0 Å². The fourth-order valence-corrected chi connectivity index (χ4v) is 3.36. The van der Waals surface area contributed by atoms with Crippen LogP contribution in [0.15, 0.2) is 12.3 Å². The van der Waals surface area contributed by atoms with Crippen molar-refractivity contribution >= 4 is 11.9 Å². The highest BCUT2D eigenvalue weighted by Crippen LogP contribution is 2.26. The highest BCUT2D eigenvalue weighted by molar-refractivity contribution is 5.79. The molecule has 1 atom stereocenters. The summed E-state index contributed by atoms with van der Waals surface area (Å²) in [6, 6.07) is 1.85. The second-order valence-electron chi connectivity index (χ2n) is 6.60. The van der Waals surface area contributed by atoms with Crippen molar-refractivity contribution in [2.45, 2.75) is 45.6 Å². The summed E-state index contributed by atoms with van der Waals surface area (Å²) >= 11 is 0. The standard InChI is InChI=1S/C17H23N5O3/c1-11-14(12(2)19-18-11)8-16(23)21-6-3-4-13(9-21)15-5-7-22(20-15)10-17(24)25/h5,7,13H,3-4,6,8-10H2,1-2H3,(H,18,19)(H,24,25)/t13-/m0/s1. The highest BCUT2D eigenvalue weighted by Gasteiger charge is 2.27. The highest BCUT2D eigenvalue weighted by atomic mass is 16.4. The zero-order valence-corrected chi connectivity index (χ0v) is 14.5. The largest absolute Gasteiger partial charge is 0.480 e. The number of carboxylic acids is 1. The van der Waals surface area contributed by atoms with E-state index in [1.54, 1.807) is 6.20 Å². The number of hydrogen-bond donors (Lipinski definition) is 2. The number of likely N-dealkylation sites (tertiary alicyclic amines) is 1. The smallest absolute Gasteiger partial charge is 0.325 e. The zero-order valence-electron chi connectivity index (χ0n) is 14.5. The summed E-state index contributed by atoms with van der Waals surface area (Å²) in [6.45, 7) is 5.06. The van der Waals surface area contributed by atoms with Crippen molar-refractivity contribution in [3.63, 3.8) is 0 Å². The van der Waals surface area contributed by atoms with E-state index in [0.29, 0.717) is 13.0 Å². The number of hydrogen-bond acceptors (Lipinski definition) is 4. The van der Waals surface area contributed by atoms with Crippen LogP contribution in [-0.2, 0) is 22.6 Å². The van der Waals surface area contributed by atoms with Gasteiger partial charge in [0, 0.05) is 36.5 Å². The van der Waals surface area contributed by atoms with Crippen LogP contribution in [0.1, 0.15) is 41.4 Å². The number of aliphatic carboxylic acids is 1. The molecule has 2 N–H and O–H groups in total. The quantitative estimate of drug-likeness (QED) is 0.849. The van der Waals surface area contributed by atoms with Crippen LogP contribution in [0.4, 0.5) is 0 Å². The molecule has 0 bridgehead atoms. The van der Waals surface area contributed by atoms with Crippen molar-refractivity contribution in [2.75, 3.05) is 13.1 Å². The third-order valence-corrected chi connectivity index (χ3v) is 4.76. The number of nitrogens with one attached hydrogen (secondary N) is 1. The lowest BCUT2D eigenvalue weighted by Crippen LogP contribution is -2.40. The maximum Gasteiger partial charge on any atom is 0.325 e. The molecule has 1 amide bonds. The monoisotopic (exact) mass is 345 g/mol. The van der Waals surface area contributed by atoms with E-state index >= 15 is 0 Å². The molecule has 1 aliphatic heterocycles. The van der Waals surface area contributed by atoms with Crippen molar-refractivity contribution in [2.24, 2.45) is 0 Å². The summed E-state index contributed by atoms with van der Waals surface area (Å²) in [5.74, 6) is -0.664. The van der Waals surface area contributed by atoms with Crippen LogP contribution in [0, 0.1) is 13.8 Å². The second-order valence-corrected chi connectivity index (χ2v) is 6.60. The summed E-state index contributed by atoms with van der Waals surface area (Å²) in [4.78, 5) is 25.3. The van der Waals surface area contributed by atoms with Gasteiger partial charge in [-0.3, -0.25) is 19.4 Å². The fourth-order valence-electron chi connectivity index (χ4n) is 3.36. The maximum atomic E-state index is 12.7. The molecule has 0 aromatic carbocycles. The molecule has 8 heteroatoms. The maximum absolute atomic E-state index is 12.7. The Morgan fingerprint density at radius 3 is 2.88 bits per heavy atom. The molecule has 134 valence electrons. The SMILES string of the molecule is Cc1n[nH]c(C)c1CC(=O)N1CCC[C@H](c2ccn(CC(=O)O)n2)C1. The number of aromatic amines is 1. The predicted octanol–water partition coefficient (Wildman–Crippen LogP) is 1.26. The Labute approximate surface area is 145 Å². The van der Waals surface area contributed by atoms with Gasteiger partial charge in [0.05, 0.1) is 17.8 Å². The van der Waals surface area contributed by atoms with Gasteiger partial charge in [0.15, 0.2) is 0 Å². The summed E-state index contributed by atoms with van der Waals surface area (Å²) in [5, 5.41) is 20.3. The van der Waals surface area contributed by atoms with E-state index < -0.39 is 5.97 Å². The molecule has 3 rings (SSSR count). The molecule has 2 aromatic rings. The first-order valence-corrected chi connectivity index (χ1v) is 8.47. The molecule has 1 fully saturated rings. The minimum absolute atomic E-state index is 0.0993. The summed E-state index contributed by atoms with van der Waals surface area (Å²) in [6.07, 6.45) is 3.92. The number of carboxylic acid groups (broad SMARTS) is 1. The Bertz CT molecular complexity index is 760. The summed E-state index contributed by atoms with van der Waals surface area (Å²) < 4.78 is 1.43. The molecule has 25 heavy (non-hydrogen) atoms. The Morgan fingerprint density at radius 1 is 1.40 bits per heavy atom. The molecule has 3 heterocycles. The van der Waals surface area contributed by atoms with E-state index in [4.69, 9.17) is 5.11 Å². The van der Waals surface area contributed by atoms with Gasteiger partial charge in [-0.2, -0.15) is 10.2 Å². The summed E-state index contributed by atoms with van der Waals surface area (Å²) in [7, 11) is 0. The lowest BCUT2D eigenvalue weighted by atomic mass is 9.94. The third kappa shape index (κ3) is 3.89. The van der Waals surface area contributed by atoms with Crippen molar-refractivity contribution in [1.82, 2.24) is 24.9 Å². The van der Waals surface area contributed by atoms with E-state index in [9.17, 15) is 9.59 Å². The van der Waals surface area contributed by atoms with E-state index in [2.05, 4.69) is 15.3 Å². The average molecular weight is 345 g/mol. The zero-order chi connectivity index (χ0) is 18.0. The van der Waals surface area contributed by atoms with E-state index in [-0.39, 0.29) is 18.4 Å². The number of carbonyl (C=O) groups is 2. The number of piperidine rings is 1. The number of rotatable bonds is 5. The Hall–Kier alpha value is -2.64. The van der Waals surface area contributed by atoms with Gasteiger partial charge in [-0.25, -0.2) is 0 Å². The van der Waals surface area contributed by atoms with Gasteiger partial charge < -0.3 is 10.0 Å². The van der Waals surface area contributed by atoms with Crippen molar-refractivity contribution in [1.29, 1.82) is 0 Å². The summed E-state index contributed by atoms with van der Waals surface area (Å²) in [5.41, 5.74) is 3.63. The van der Waals surface area contributed by atoms with Crippen molar-refractivity contribution in [3.05, 3.63) is 34.9 Å². The number of nitrogens with zero attached hydrogens (tertiary/aromatic N) is 4. The number of amides is 1. The minimum Gasteiger partial charge on any atom is -0.480 e. The molecule has 0 saturated carbocycles. The van der Waals surface area contributed by atoms with Gasteiger partial charge in [-0.1, -0.05) is 0 Å². The van der Waals surface area contributed by atoms with Crippen LogP contribution in [-0.4, -0.2) is 55.0 Å². The molecule has 0 unspecified atom stereocenters. The first kappa shape index (κ1) is 17.2. The molecule has 1 saturated heterocycles. The predicted molar refractivity (Wildman–Crippen MR) is 90.2 cm³/mol. The molecule has 0 aliphatic carbocycles. The van der Waals surface area contributed by atoms with E-state index in [0.717, 1.165) is 42.0 Å². The Balaban J connectivity index is 1.65. The molecule has 0 radical (unpaired) electrons. The topological polar surface area (TPSA) is 104 Å². The van der Waals surface area contributed by atoms with Crippen LogP contribution in [0.3, 0.4) is 0 Å². The van der Waals surface area contributed by atoms with Crippen LogP contribution < -0.4 is 0 Å². The fraction of sp³-hybridized carbons (Fsp3) is 0.529. The van der Waals surface area contributed by atoms with E-state index in [1.165, 1.54) is 4.68 Å². The number of H-pyrrole nitrogens is 1. The molecule has 0 spiro atoms. The Kier molecular flexibility index (Phi) is 4.87. The number of carbonyl (C=O) groups excluding carboxylic acids is 1. The van der Waals surface area contributed by atoms with Gasteiger partial charge in [0.2, 0.25) is 5.91 Å². The van der Waals surface area contributed by atoms with Gasteiger partial charge >= 0.3 is 5.97 Å². The average Bonchev–Trinajstić information content (AvgIpc) is 3.16. The lowest BCUT2D eigenvalue weighted by Gasteiger charge is -2.32. The van der Waals surface area contributed by atoms with Crippen molar-refractivity contribution < 1.29 is 14.7 Å². The molecule has 8 nitrogen and oxygen atoms in total. The van der Waals surface area contributed by atoms with Crippen LogP contribution in [0.25, 0.3) is 0 Å². The van der Waals surface area contributed by atoms with Crippen LogP contribution in [0.2, 0.25) is 0 Å². The second kappa shape index (κ2) is 7.08.